The molecule has 2 amide bonds. The lowest BCUT2D eigenvalue weighted by Gasteiger charge is -2.23. The Morgan fingerprint density at radius 2 is 1.67 bits per heavy atom. The number of hydrogen-bond acceptors (Lipinski definition) is 4. The van der Waals surface area contributed by atoms with Crippen molar-refractivity contribution >= 4 is 11.8 Å². The van der Waals surface area contributed by atoms with Crippen molar-refractivity contribution in [2.75, 3.05) is 13.7 Å². The Balaban J connectivity index is 1.75. The van der Waals surface area contributed by atoms with Crippen molar-refractivity contribution in [1.82, 2.24) is 19.6 Å². The molecule has 2 aromatic rings. The molecule has 0 radical (unpaired) electrons. The molecule has 0 fully saturated rings. The lowest BCUT2D eigenvalue weighted by atomic mass is 10.1. The minimum atomic E-state index is -0.222. The van der Waals surface area contributed by atoms with Gasteiger partial charge in [0, 0.05) is 24.3 Å². The molecule has 0 saturated carbocycles. The largest absolute Gasteiger partial charge is 0.284 e. The third kappa shape index (κ3) is 2.63. The summed E-state index contributed by atoms with van der Waals surface area (Å²) in [6.45, 7) is 7.84. The summed E-state index contributed by atoms with van der Waals surface area (Å²) in [5.74, 6) is -0.444. The van der Waals surface area contributed by atoms with Crippen LogP contribution in [0.15, 0.2) is 24.3 Å². The molecule has 0 aliphatic carbocycles. The molecule has 0 bridgehead atoms. The number of rotatable bonds is 5. The molecule has 6 heteroatoms. The van der Waals surface area contributed by atoms with E-state index in [-0.39, 0.29) is 18.5 Å². The highest BCUT2D eigenvalue weighted by Crippen LogP contribution is 2.23. The van der Waals surface area contributed by atoms with Gasteiger partial charge in [0.1, 0.15) is 0 Å². The molecule has 126 valence electrons. The third-order valence-electron chi connectivity index (χ3n) is 4.52. The molecule has 1 aromatic carbocycles. The van der Waals surface area contributed by atoms with Crippen LogP contribution in [0.5, 0.6) is 0 Å². The van der Waals surface area contributed by atoms with Crippen molar-refractivity contribution in [3.05, 3.63) is 52.3 Å². The summed E-state index contributed by atoms with van der Waals surface area (Å²) in [7, 11) is 1.91. The number of carbonyl (C=O) groups excluding carboxylic acids is 2. The monoisotopic (exact) mass is 326 g/mol. The number of carbonyl (C=O) groups is 2. The first kappa shape index (κ1) is 16.4. The standard InChI is InChI=1S/C18H22N4O2/c1-5-22-13(3)16(12(2)19-22)10-20(4)11-21-17(23)14-8-6-7-9-15(14)18(21)24/h6-9H,5,10-11H2,1-4H3. The van der Waals surface area contributed by atoms with Gasteiger partial charge in [0.2, 0.25) is 0 Å². The van der Waals surface area contributed by atoms with Crippen molar-refractivity contribution in [3.8, 4) is 0 Å². The number of nitrogens with zero attached hydrogens (tertiary/aromatic N) is 4. The van der Waals surface area contributed by atoms with Gasteiger partial charge in [0.25, 0.3) is 11.8 Å². The minimum Gasteiger partial charge on any atom is -0.284 e. The van der Waals surface area contributed by atoms with Gasteiger partial charge in [-0.15, -0.1) is 0 Å². The Morgan fingerprint density at radius 3 is 2.17 bits per heavy atom. The van der Waals surface area contributed by atoms with E-state index in [1.165, 1.54) is 4.90 Å². The maximum Gasteiger partial charge on any atom is 0.262 e. The minimum absolute atomic E-state index is 0.222. The van der Waals surface area contributed by atoms with Gasteiger partial charge >= 0.3 is 0 Å². The highest BCUT2D eigenvalue weighted by Gasteiger charge is 2.35. The predicted octanol–water partition coefficient (Wildman–Crippen LogP) is 2.21. The van der Waals surface area contributed by atoms with Crippen molar-refractivity contribution in [2.24, 2.45) is 0 Å². The van der Waals surface area contributed by atoms with Gasteiger partial charge in [0.05, 0.1) is 23.5 Å². The first-order valence-corrected chi connectivity index (χ1v) is 8.10. The van der Waals surface area contributed by atoms with Crippen LogP contribution in [0.4, 0.5) is 0 Å². The molecule has 0 spiro atoms. The molecule has 0 atom stereocenters. The van der Waals surface area contributed by atoms with Crippen LogP contribution in [0.3, 0.4) is 0 Å². The second-order valence-electron chi connectivity index (χ2n) is 6.20. The van der Waals surface area contributed by atoms with Crippen LogP contribution in [-0.4, -0.2) is 45.1 Å². The Hall–Kier alpha value is -2.47. The molecule has 0 saturated heterocycles. The third-order valence-corrected chi connectivity index (χ3v) is 4.52. The van der Waals surface area contributed by atoms with Crippen LogP contribution in [0.2, 0.25) is 0 Å². The van der Waals surface area contributed by atoms with E-state index >= 15 is 0 Å². The van der Waals surface area contributed by atoms with Crippen LogP contribution in [0, 0.1) is 13.8 Å². The van der Waals surface area contributed by atoms with Crippen molar-refractivity contribution in [2.45, 2.75) is 33.9 Å². The molecule has 24 heavy (non-hydrogen) atoms. The van der Waals surface area contributed by atoms with Crippen LogP contribution < -0.4 is 0 Å². The maximum atomic E-state index is 12.4. The Labute approximate surface area is 141 Å². The van der Waals surface area contributed by atoms with Gasteiger partial charge in [0.15, 0.2) is 0 Å². The van der Waals surface area contributed by atoms with E-state index in [4.69, 9.17) is 0 Å². The van der Waals surface area contributed by atoms with Gasteiger partial charge in [-0.25, -0.2) is 0 Å². The zero-order valence-electron chi connectivity index (χ0n) is 14.5. The van der Waals surface area contributed by atoms with Crippen LogP contribution in [-0.2, 0) is 13.1 Å². The summed E-state index contributed by atoms with van der Waals surface area (Å²) in [6.07, 6.45) is 0. The number of aryl methyl sites for hydroxylation is 2. The van der Waals surface area contributed by atoms with Crippen molar-refractivity contribution in [3.63, 3.8) is 0 Å². The molecule has 1 aliphatic heterocycles. The summed E-state index contributed by atoms with van der Waals surface area (Å²) >= 11 is 0. The number of aromatic nitrogens is 2. The molecule has 6 nitrogen and oxygen atoms in total. The van der Waals surface area contributed by atoms with E-state index in [0.29, 0.717) is 17.7 Å². The fraction of sp³-hybridized carbons (Fsp3) is 0.389. The zero-order valence-corrected chi connectivity index (χ0v) is 14.5. The summed E-state index contributed by atoms with van der Waals surface area (Å²) in [5.41, 5.74) is 4.24. The fourth-order valence-corrected chi connectivity index (χ4v) is 3.20. The second-order valence-corrected chi connectivity index (χ2v) is 6.20. The highest BCUT2D eigenvalue weighted by molar-refractivity contribution is 6.21. The van der Waals surface area contributed by atoms with E-state index in [0.717, 1.165) is 23.5 Å². The summed E-state index contributed by atoms with van der Waals surface area (Å²) < 4.78 is 1.97. The zero-order chi connectivity index (χ0) is 17.4. The first-order chi connectivity index (χ1) is 11.4. The number of amides is 2. The van der Waals surface area contributed by atoms with Gasteiger partial charge < -0.3 is 0 Å². The molecule has 0 unspecified atom stereocenters. The van der Waals surface area contributed by atoms with Gasteiger partial charge in [-0.05, 0) is 40.0 Å². The van der Waals surface area contributed by atoms with Crippen LogP contribution >= 0.6 is 0 Å². The maximum absolute atomic E-state index is 12.4. The molecule has 2 heterocycles. The van der Waals surface area contributed by atoms with E-state index in [9.17, 15) is 9.59 Å². The highest BCUT2D eigenvalue weighted by atomic mass is 16.2. The van der Waals surface area contributed by atoms with Crippen molar-refractivity contribution in [1.29, 1.82) is 0 Å². The Morgan fingerprint density at radius 1 is 1.08 bits per heavy atom. The molecule has 3 rings (SSSR count). The smallest absolute Gasteiger partial charge is 0.262 e. The van der Waals surface area contributed by atoms with Gasteiger partial charge in [-0.1, -0.05) is 12.1 Å². The molecular weight excluding hydrogens is 304 g/mol. The number of benzene rings is 1. The second kappa shape index (κ2) is 6.20. The number of fused-ring (bicyclic) bond motifs is 1. The van der Waals surface area contributed by atoms with Crippen molar-refractivity contribution < 1.29 is 9.59 Å². The van der Waals surface area contributed by atoms with Gasteiger partial charge in [-0.2, -0.15) is 5.10 Å². The lowest BCUT2D eigenvalue weighted by Crippen LogP contribution is -2.39. The molecule has 1 aromatic heterocycles. The van der Waals surface area contributed by atoms with E-state index in [2.05, 4.69) is 18.9 Å². The fourth-order valence-electron chi connectivity index (χ4n) is 3.20. The van der Waals surface area contributed by atoms with E-state index < -0.39 is 0 Å². The summed E-state index contributed by atoms with van der Waals surface area (Å²) in [4.78, 5) is 28.2. The average molecular weight is 326 g/mol. The summed E-state index contributed by atoms with van der Waals surface area (Å²) in [5, 5.41) is 4.52. The molecule has 0 N–H and O–H groups in total. The lowest BCUT2D eigenvalue weighted by molar-refractivity contribution is 0.0559. The number of imide groups is 1. The molecule has 1 aliphatic rings. The Bertz CT molecular complexity index is 774. The van der Waals surface area contributed by atoms with E-state index in [1.807, 2.05) is 23.6 Å². The Kier molecular flexibility index (Phi) is 4.24. The number of hydrogen-bond donors (Lipinski definition) is 0. The molecular formula is C18H22N4O2. The first-order valence-electron chi connectivity index (χ1n) is 8.10. The average Bonchev–Trinajstić information content (AvgIpc) is 2.98. The van der Waals surface area contributed by atoms with E-state index in [1.54, 1.807) is 24.3 Å². The van der Waals surface area contributed by atoms with Crippen LogP contribution in [0.1, 0.15) is 44.6 Å². The topological polar surface area (TPSA) is 58.4 Å². The SMILES string of the molecule is CCn1nc(C)c(CN(C)CN2C(=O)c3ccccc3C2=O)c1C. The predicted molar refractivity (Wildman–Crippen MR) is 90.7 cm³/mol. The quantitative estimate of drug-likeness (QED) is 0.791. The van der Waals surface area contributed by atoms with Crippen LogP contribution in [0.25, 0.3) is 0 Å². The summed E-state index contributed by atoms with van der Waals surface area (Å²) in [6, 6.07) is 6.97. The van der Waals surface area contributed by atoms with Gasteiger partial charge in [-0.3, -0.25) is 24.1 Å². The normalized spacial score (nSPS) is 14.0.